The minimum atomic E-state index is -3.11. The van der Waals surface area contributed by atoms with Gasteiger partial charge in [-0.2, -0.15) is 0 Å². The topological polar surface area (TPSA) is 63.7 Å². The van der Waals surface area contributed by atoms with Gasteiger partial charge in [-0.05, 0) is 42.3 Å². The lowest BCUT2D eigenvalue weighted by Crippen LogP contribution is -2.40. The Kier molecular flexibility index (Phi) is 5.53. The molecule has 0 radical (unpaired) electrons. The van der Waals surface area contributed by atoms with Gasteiger partial charge in [0.25, 0.3) is 5.91 Å². The van der Waals surface area contributed by atoms with E-state index in [9.17, 15) is 13.2 Å². The molecule has 138 valence electrons. The van der Waals surface area contributed by atoms with Gasteiger partial charge in [-0.25, -0.2) is 8.42 Å². The summed E-state index contributed by atoms with van der Waals surface area (Å²) in [5.74, 6) is 0.616. The van der Waals surface area contributed by atoms with E-state index >= 15 is 0 Å². The van der Waals surface area contributed by atoms with Crippen LogP contribution in [0.1, 0.15) is 22.3 Å². The van der Waals surface area contributed by atoms with Crippen LogP contribution in [0.4, 0.5) is 0 Å². The summed E-state index contributed by atoms with van der Waals surface area (Å²) in [5, 5.41) is 0.472. The summed E-state index contributed by atoms with van der Waals surface area (Å²) < 4.78 is 29.0. The Morgan fingerprint density at radius 2 is 1.96 bits per heavy atom. The van der Waals surface area contributed by atoms with Gasteiger partial charge >= 0.3 is 0 Å². The average molecular weight is 394 g/mol. The molecule has 3 rings (SSSR count). The number of benzene rings is 2. The maximum atomic E-state index is 13.1. The van der Waals surface area contributed by atoms with Crippen LogP contribution in [0.25, 0.3) is 0 Å². The molecule has 0 N–H and O–H groups in total. The second-order valence-corrected chi connectivity index (χ2v) is 9.01. The third kappa shape index (κ3) is 4.37. The molecule has 5 nitrogen and oxygen atoms in total. The van der Waals surface area contributed by atoms with E-state index < -0.39 is 9.84 Å². The maximum Gasteiger partial charge on any atom is 0.254 e. The van der Waals surface area contributed by atoms with Crippen molar-refractivity contribution < 1.29 is 17.9 Å². The Morgan fingerprint density at radius 3 is 2.54 bits per heavy atom. The molecular weight excluding hydrogens is 374 g/mol. The van der Waals surface area contributed by atoms with E-state index in [2.05, 4.69) is 0 Å². The number of carbonyl (C=O) groups is 1. The average Bonchev–Trinajstić information content (AvgIpc) is 2.99. The summed E-state index contributed by atoms with van der Waals surface area (Å²) >= 11 is 6.01. The monoisotopic (exact) mass is 393 g/mol. The molecule has 1 heterocycles. The van der Waals surface area contributed by atoms with Gasteiger partial charge in [0.05, 0.1) is 18.6 Å². The van der Waals surface area contributed by atoms with Gasteiger partial charge in [-0.15, -0.1) is 0 Å². The Morgan fingerprint density at radius 1 is 1.23 bits per heavy atom. The Labute approximate surface area is 158 Å². The van der Waals surface area contributed by atoms with Gasteiger partial charge in [0.1, 0.15) is 5.75 Å². The third-order valence-corrected chi connectivity index (χ3v) is 6.48. The van der Waals surface area contributed by atoms with Gasteiger partial charge in [0, 0.05) is 23.2 Å². The molecule has 1 fully saturated rings. The highest BCUT2D eigenvalue weighted by Gasteiger charge is 2.35. The largest absolute Gasteiger partial charge is 0.497 e. The lowest BCUT2D eigenvalue weighted by molar-refractivity contribution is 0.0681. The van der Waals surface area contributed by atoms with Crippen molar-refractivity contribution in [2.75, 3.05) is 18.6 Å². The van der Waals surface area contributed by atoms with Crippen LogP contribution >= 0.6 is 11.6 Å². The first-order valence-corrected chi connectivity index (χ1v) is 10.5. The minimum Gasteiger partial charge on any atom is -0.497 e. The molecular formula is C19H20ClNO4S. The first-order valence-electron chi connectivity index (χ1n) is 8.28. The summed E-state index contributed by atoms with van der Waals surface area (Å²) in [7, 11) is -1.52. The molecule has 1 aliphatic heterocycles. The number of hydrogen-bond acceptors (Lipinski definition) is 4. The number of rotatable bonds is 5. The molecule has 0 aliphatic carbocycles. The lowest BCUT2D eigenvalue weighted by Gasteiger charge is -2.28. The molecule has 26 heavy (non-hydrogen) atoms. The number of ether oxygens (including phenoxy) is 1. The van der Waals surface area contributed by atoms with E-state index in [4.69, 9.17) is 16.3 Å². The van der Waals surface area contributed by atoms with Crippen molar-refractivity contribution in [3.8, 4) is 5.75 Å². The number of sulfone groups is 1. The van der Waals surface area contributed by atoms with Gasteiger partial charge in [0.2, 0.25) is 0 Å². The molecule has 0 spiro atoms. The fourth-order valence-corrected chi connectivity index (χ4v) is 5.02. The first kappa shape index (κ1) is 18.7. The molecule has 0 bridgehead atoms. The van der Waals surface area contributed by atoms with Gasteiger partial charge in [0.15, 0.2) is 9.84 Å². The number of halogens is 1. The van der Waals surface area contributed by atoms with Crippen LogP contribution < -0.4 is 4.74 Å². The number of nitrogens with zero attached hydrogens (tertiary/aromatic N) is 1. The molecule has 7 heteroatoms. The van der Waals surface area contributed by atoms with E-state index in [1.165, 1.54) is 0 Å². The zero-order valence-electron chi connectivity index (χ0n) is 14.4. The number of amides is 1. The summed E-state index contributed by atoms with van der Waals surface area (Å²) in [4.78, 5) is 14.7. The van der Waals surface area contributed by atoms with Crippen molar-refractivity contribution in [2.45, 2.75) is 19.0 Å². The van der Waals surface area contributed by atoms with Crippen molar-refractivity contribution in [3.05, 3.63) is 64.7 Å². The van der Waals surface area contributed by atoms with E-state index in [1.54, 1.807) is 36.3 Å². The van der Waals surface area contributed by atoms with Crippen LogP contribution in [-0.2, 0) is 16.4 Å². The van der Waals surface area contributed by atoms with Crippen molar-refractivity contribution in [3.63, 3.8) is 0 Å². The smallest absolute Gasteiger partial charge is 0.254 e. The second-order valence-electron chi connectivity index (χ2n) is 6.35. The van der Waals surface area contributed by atoms with Crippen LogP contribution in [-0.4, -0.2) is 43.9 Å². The normalized spacial score (nSPS) is 18.5. The lowest BCUT2D eigenvalue weighted by atomic mass is 10.1. The van der Waals surface area contributed by atoms with Gasteiger partial charge in [-0.3, -0.25) is 4.79 Å². The highest BCUT2D eigenvalue weighted by Crippen LogP contribution is 2.24. The summed E-state index contributed by atoms with van der Waals surface area (Å²) in [5.41, 5.74) is 1.36. The fourth-order valence-electron chi connectivity index (χ4n) is 3.10. The molecule has 0 saturated carbocycles. The molecule has 0 unspecified atom stereocenters. The van der Waals surface area contributed by atoms with Crippen molar-refractivity contribution >= 4 is 27.3 Å². The zero-order valence-corrected chi connectivity index (χ0v) is 16.0. The number of carbonyl (C=O) groups excluding carboxylic acids is 1. The van der Waals surface area contributed by atoms with E-state index in [0.717, 1.165) is 11.3 Å². The number of methoxy groups -OCH3 is 1. The van der Waals surface area contributed by atoms with E-state index in [0.29, 0.717) is 23.6 Å². The zero-order chi connectivity index (χ0) is 18.7. The second kappa shape index (κ2) is 7.68. The highest BCUT2D eigenvalue weighted by molar-refractivity contribution is 7.91. The van der Waals surface area contributed by atoms with Crippen LogP contribution in [0, 0.1) is 0 Å². The van der Waals surface area contributed by atoms with Crippen molar-refractivity contribution in [1.82, 2.24) is 4.90 Å². The quantitative estimate of drug-likeness (QED) is 0.782. The summed E-state index contributed by atoms with van der Waals surface area (Å²) in [6.45, 7) is 0.329. The van der Waals surface area contributed by atoms with E-state index in [1.807, 2.05) is 24.3 Å². The Balaban J connectivity index is 1.89. The molecule has 0 aromatic heterocycles. The van der Waals surface area contributed by atoms with Gasteiger partial charge in [-0.1, -0.05) is 29.8 Å². The highest BCUT2D eigenvalue weighted by atomic mass is 35.5. The van der Waals surface area contributed by atoms with Gasteiger partial charge < -0.3 is 9.64 Å². The third-order valence-electron chi connectivity index (χ3n) is 4.49. The summed E-state index contributed by atoms with van der Waals surface area (Å²) in [6.07, 6.45) is 0.449. The number of hydrogen-bond donors (Lipinski definition) is 0. The molecule has 2 aromatic carbocycles. The van der Waals surface area contributed by atoms with Crippen molar-refractivity contribution in [1.29, 1.82) is 0 Å². The first-order chi connectivity index (χ1) is 12.4. The summed E-state index contributed by atoms with van der Waals surface area (Å²) in [6, 6.07) is 13.8. The van der Waals surface area contributed by atoms with Crippen LogP contribution in [0.5, 0.6) is 5.75 Å². The predicted octanol–water partition coefficient (Wildman–Crippen LogP) is 3.18. The molecule has 1 atom stereocenters. The molecule has 2 aromatic rings. The fraction of sp³-hybridized carbons (Fsp3) is 0.316. The molecule has 1 saturated heterocycles. The van der Waals surface area contributed by atoms with Crippen LogP contribution in [0.15, 0.2) is 48.5 Å². The predicted molar refractivity (Wildman–Crippen MR) is 101 cm³/mol. The Bertz CT molecular complexity index is 896. The standard InChI is InChI=1S/C19H20ClNO4S/c1-25-18-7-5-14(6-8-18)12-21(17-9-10-26(23,24)13-17)19(22)15-3-2-4-16(20)11-15/h2-8,11,17H,9-10,12-13H2,1H3/t17-/m1/s1. The van der Waals surface area contributed by atoms with Crippen LogP contribution in [0.2, 0.25) is 5.02 Å². The molecule has 1 aliphatic rings. The maximum absolute atomic E-state index is 13.1. The SMILES string of the molecule is COc1ccc(CN(C(=O)c2cccc(Cl)c2)[C@@H]2CCS(=O)(=O)C2)cc1. The molecule has 1 amide bonds. The van der Waals surface area contributed by atoms with Crippen molar-refractivity contribution in [2.24, 2.45) is 0 Å². The van der Waals surface area contributed by atoms with E-state index in [-0.39, 0.29) is 23.5 Å². The Hall–Kier alpha value is -2.05. The van der Waals surface area contributed by atoms with Crippen LogP contribution in [0.3, 0.4) is 0 Å². The minimum absolute atomic E-state index is 0.00450.